The van der Waals surface area contributed by atoms with Gasteiger partial charge in [-0.15, -0.1) is 0 Å². The third kappa shape index (κ3) is 5.17. The fraction of sp³-hybridized carbons (Fsp3) is 0.125. The van der Waals surface area contributed by atoms with Crippen LogP contribution in [0.4, 0.5) is 11.4 Å². The van der Waals surface area contributed by atoms with E-state index in [1.807, 2.05) is 54.6 Å². The number of non-ortho nitro benzene ring substituents is 1. The highest BCUT2D eigenvalue weighted by molar-refractivity contribution is 6.29. The first-order valence-electron chi connectivity index (χ1n) is 9.37. The molecular formula is C24H22N2O3. The van der Waals surface area contributed by atoms with Crippen LogP contribution in [0.15, 0.2) is 78.9 Å². The molecule has 0 fully saturated rings. The Bertz CT molecular complexity index is 1040. The average molecular weight is 386 g/mol. The van der Waals surface area contributed by atoms with Gasteiger partial charge in [0, 0.05) is 23.4 Å². The standard InChI is InChI=1S/C24H22N2O3/c1-17(2)19-11-13-21(14-12-19)25-24(27)23(20-8-4-3-5-9-20)16-18-7-6-10-22(15-18)26(28)29/h3-17H,1-2H3,(H,25,27)/b23-16+. The number of rotatable bonds is 6. The molecule has 0 aliphatic rings. The molecule has 1 amide bonds. The lowest BCUT2D eigenvalue weighted by molar-refractivity contribution is -0.384. The van der Waals surface area contributed by atoms with E-state index in [2.05, 4.69) is 19.2 Å². The number of carbonyl (C=O) groups is 1. The quantitative estimate of drug-likeness (QED) is 0.248. The van der Waals surface area contributed by atoms with Crippen LogP contribution in [0.25, 0.3) is 11.6 Å². The molecule has 0 aromatic heterocycles. The van der Waals surface area contributed by atoms with Gasteiger partial charge >= 0.3 is 0 Å². The van der Waals surface area contributed by atoms with E-state index in [0.717, 1.165) is 5.56 Å². The molecule has 29 heavy (non-hydrogen) atoms. The molecule has 0 aliphatic heterocycles. The van der Waals surface area contributed by atoms with Gasteiger partial charge in [-0.25, -0.2) is 0 Å². The molecule has 0 atom stereocenters. The lowest BCUT2D eigenvalue weighted by Crippen LogP contribution is -2.13. The molecular weight excluding hydrogens is 364 g/mol. The molecule has 0 aliphatic carbocycles. The number of benzene rings is 3. The zero-order valence-corrected chi connectivity index (χ0v) is 16.3. The molecule has 0 spiro atoms. The van der Waals surface area contributed by atoms with Crippen molar-refractivity contribution in [3.05, 3.63) is 106 Å². The van der Waals surface area contributed by atoms with Crippen LogP contribution in [0.1, 0.15) is 36.5 Å². The van der Waals surface area contributed by atoms with E-state index in [9.17, 15) is 14.9 Å². The molecule has 1 N–H and O–H groups in total. The van der Waals surface area contributed by atoms with Crippen LogP contribution in [0, 0.1) is 10.1 Å². The molecule has 146 valence electrons. The molecule has 0 heterocycles. The Morgan fingerprint density at radius 1 is 0.966 bits per heavy atom. The molecule has 0 unspecified atom stereocenters. The number of nitro groups is 1. The summed E-state index contributed by atoms with van der Waals surface area (Å²) in [7, 11) is 0. The molecule has 0 saturated carbocycles. The SMILES string of the molecule is CC(C)c1ccc(NC(=O)/C(=C/c2cccc([N+](=O)[O-])c2)c2ccccc2)cc1. The van der Waals surface area contributed by atoms with Gasteiger partial charge < -0.3 is 5.32 Å². The summed E-state index contributed by atoms with van der Waals surface area (Å²) in [6, 6.07) is 23.2. The number of anilines is 1. The van der Waals surface area contributed by atoms with E-state index in [1.54, 1.807) is 18.2 Å². The Balaban J connectivity index is 1.94. The van der Waals surface area contributed by atoms with Crippen LogP contribution < -0.4 is 5.32 Å². The minimum absolute atomic E-state index is 0.0177. The van der Waals surface area contributed by atoms with Gasteiger partial charge in [0.2, 0.25) is 0 Å². The van der Waals surface area contributed by atoms with Gasteiger partial charge in [0.25, 0.3) is 11.6 Å². The van der Waals surface area contributed by atoms with Crippen LogP contribution in [0.5, 0.6) is 0 Å². The minimum atomic E-state index is -0.449. The summed E-state index contributed by atoms with van der Waals surface area (Å²) in [5, 5.41) is 14.0. The Morgan fingerprint density at radius 2 is 1.66 bits per heavy atom. The van der Waals surface area contributed by atoms with Crippen molar-refractivity contribution < 1.29 is 9.72 Å². The van der Waals surface area contributed by atoms with Crippen LogP contribution >= 0.6 is 0 Å². The largest absolute Gasteiger partial charge is 0.322 e. The lowest BCUT2D eigenvalue weighted by Gasteiger charge is -2.11. The Morgan fingerprint density at radius 3 is 2.28 bits per heavy atom. The van der Waals surface area contributed by atoms with Gasteiger partial charge in [-0.3, -0.25) is 14.9 Å². The van der Waals surface area contributed by atoms with Crippen molar-refractivity contribution in [1.29, 1.82) is 0 Å². The second-order valence-corrected chi connectivity index (χ2v) is 7.01. The second kappa shape index (κ2) is 8.97. The monoisotopic (exact) mass is 386 g/mol. The normalized spacial score (nSPS) is 11.3. The van der Waals surface area contributed by atoms with Gasteiger partial charge in [0.15, 0.2) is 0 Å². The van der Waals surface area contributed by atoms with Gasteiger partial charge in [0.05, 0.1) is 4.92 Å². The van der Waals surface area contributed by atoms with E-state index in [4.69, 9.17) is 0 Å². The summed E-state index contributed by atoms with van der Waals surface area (Å²) in [6.07, 6.45) is 1.67. The van der Waals surface area contributed by atoms with Gasteiger partial charge in [-0.1, -0.05) is 68.4 Å². The van der Waals surface area contributed by atoms with Crippen molar-refractivity contribution >= 4 is 28.9 Å². The smallest absolute Gasteiger partial charge is 0.270 e. The van der Waals surface area contributed by atoms with E-state index < -0.39 is 4.92 Å². The summed E-state index contributed by atoms with van der Waals surface area (Å²) in [5.41, 5.74) is 3.62. The van der Waals surface area contributed by atoms with E-state index in [-0.39, 0.29) is 11.6 Å². The predicted octanol–water partition coefficient (Wildman–Crippen LogP) is 5.90. The molecule has 3 aromatic carbocycles. The molecule has 0 radical (unpaired) electrons. The zero-order chi connectivity index (χ0) is 20.8. The van der Waals surface area contributed by atoms with Crippen molar-refractivity contribution in [2.45, 2.75) is 19.8 Å². The Kier molecular flexibility index (Phi) is 6.19. The minimum Gasteiger partial charge on any atom is -0.322 e. The number of nitrogens with zero attached hydrogens (tertiary/aromatic N) is 1. The van der Waals surface area contributed by atoms with E-state index in [1.165, 1.54) is 17.7 Å². The maximum Gasteiger partial charge on any atom is 0.270 e. The summed E-state index contributed by atoms with van der Waals surface area (Å²) in [5.74, 6) is 0.133. The first-order valence-corrected chi connectivity index (χ1v) is 9.37. The number of nitro benzene ring substituents is 1. The van der Waals surface area contributed by atoms with Crippen LogP contribution in [-0.2, 0) is 4.79 Å². The van der Waals surface area contributed by atoms with Gasteiger partial charge in [-0.05, 0) is 40.8 Å². The predicted molar refractivity (Wildman–Crippen MR) is 117 cm³/mol. The second-order valence-electron chi connectivity index (χ2n) is 7.01. The average Bonchev–Trinajstić information content (AvgIpc) is 2.73. The molecule has 0 bridgehead atoms. The number of nitrogens with one attached hydrogen (secondary N) is 1. The number of hydrogen-bond donors (Lipinski definition) is 1. The molecule has 5 nitrogen and oxygen atoms in total. The fourth-order valence-electron chi connectivity index (χ4n) is 2.94. The van der Waals surface area contributed by atoms with E-state index in [0.29, 0.717) is 22.7 Å². The first-order chi connectivity index (χ1) is 13.9. The van der Waals surface area contributed by atoms with Crippen molar-refractivity contribution in [3.8, 4) is 0 Å². The van der Waals surface area contributed by atoms with Crippen LogP contribution in [0.2, 0.25) is 0 Å². The lowest BCUT2D eigenvalue weighted by atomic mass is 10.0. The van der Waals surface area contributed by atoms with E-state index >= 15 is 0 Å². The summed E-state index contributed by atoms with van der Waals surface area (Å²) >= 11 is 0. The topological polar surface area (TPSA) is 72.2 Å². The fourth-order valence-corrected chi connectivity index (χ4v) is 2.94. The van der Waals surface area contributed by atoms with Crippen molar-refractivity contribution in [1.82, 2.24) is 0 Å². The summed E-state index contributed by atoms with van der Waals surface area (Å²) < 4.78 is 0. The van der Waals surface area contributed by atoms with Crippen LogP contribution in [0.3, 0.4) is 0 Å². The molecule has 5 heteroatoms. The Labute approximate surface area is 169 Å². The Hall–Kier alpha value is -3.73. The molecule has 0 saturated heterocycles. The number of carbonyl (C=O) groups excluding carboxylic acids is 1. The molecule has 3 rings (SSSR count). The number of hydrogen-bond acceptors (Lipinski definition) is 3. The summed E-state index contributed by atoms with van der Waals surface area (Å²) in [4.78, 5) is 23.7. The zero-order valence-electron chi connectivity index (χ0n) is 16.3. The third-order valence-corrected chi connectivity index (χ3v) is 4.56. The van der Waals surface area contributed by atoms with Crippen LogP contribution in [-0.4, -0.2) is 10.8 Å². The highest BCUT2D eigenvalue weighted by atomic mass is 16.6. The van der Waals surface area contributed by atoms with Crippen molar-refractivity contribution in [2.75, 3.05) is 5.32 Å². The third-order valence-electron chi connectivity index (χ3n) is 4.56. The maximum absolute atomic E-state index is 13.0. The highest BCUT2D eigenvalue weighted by Gasteiger charge is 2.14. The van der Waals surface area contributed by atoms with Gasteiger partial charge in [-0.2, -0.15) is 0 Å². The first kappa shape index (κ1) is 20.0. The summed E-state index contributed by atoms with van der Waals surface area (Å²) in [6.45, 7) is 4.23. The van der Waals surface area contributed by atoms with Crippen molar-refractivity contribution in [2.24, 2.45) is 0 Å². The molecule has 3 aromatic rings. The maximum atomic E-state index is 13.0. The highest BCUT2D eigenvalue weighted by Crippen LogP contribution is 2.23. The van der Waals surface area contributed by atoms with Gasteiger partial charge in [0.1, 0.15) is 0 Å². The van der Waals surface area contributed by atoms with Crippen molar-refractivity contribution in [3.63, 3.8) is 0 Å². The number of amides is 1.